The molecule has 0 amide bonds. The molecule has 2 rings (SSSR count). The van der Waals surface area contributed by atoms with E-state index in [9.17, 15) is 0 Å². The van der Waals surface area contributed by atoms with Gasteiger partial charge in [0.15, 0.2) is 0 Å². The van der Waals surface area contributed by atoms with Gasteiger partial charge in [-0.25, -0.2) is 0 Å². The zero-order valence-corrected chi connectivity index (χ0v) is 13.8. The van der Waals surface area contributed by atoms with Crippen molar-refractivity contribution in [3.8, 4) is 5.75 Å². The molecular weight excluding hydrogens is 286 g/mol. The van der Waals surface area contributed by atoms with Crippen molar-refractivity contribution in [3.05, 3.63) is 51.9 Å². The van der Waals surface area contributed by atoms with E-state index in [1.54, 1.807) is 0 Å². The van der Waals surface area contributed by atoms with Crippen LogP contribution in [0.1, 0.15) is 36.5 Å². The summed E-state index contributed by atoms with van der Waals surface area (Å²) >= 11 is 6.13. The summed E-state index contributed by atoms with van der Waals surface area (Å²) in [7, 11) is 0. The van der Waals surface area contributed by atoms with Crippen LogP contribution >= 0.6 is 11.6 Å². The van der Waals surface area contributed by atoms with Gasteiger partial charge in [0.25, 0.3) is 0 Å². The maximum absolute atomic E-state index is 6.13. The average molecular weight is 308 g/mol. The molecule has 0 atom stereocenters. The average Bonchev–Trinajstić information content (AvgIpc) is 2.78. The summed E-state index contributed by atoms with van der Waals surface area (Å²) in [5.74, 6) is 2.52. The van der Waals surface area contributed by atoms with Gasteiger partial charge in [-0.15, -0.1) is 0 Å². The van der Waals surface area contributed by atoms with E-state index in [-0.39, 0.29) is 0 Å². The summed E-state index contributed by atoms with van der Waals surface area (Å²) in [6.07, 6.45) is 0. The minimum atomic E-state index is 0.432. The number of rotatable bonds is 6. The second-order valence-corrected chi connectivity index (χ2v) is 5.96. The molecule has 0 fully saturated rings. The lowest BCUT2D eigenvalue weighted by Gasteiger charge is -2.08. The van der Waals surface area contributed by atoms with E-state index < -0.39 is 0 Å². The van der Waals surface area contributed by atoms with Gasteiger partial charge in [0.1, 0.15) is 23.9 Å². The molecule has 1 N–H and O–H groups in total. The van der Waals surface area contributed by atoms with Gasteiger partial charge in [-0.1, -0.05) is 31.5 Å². The third-order valence-corrected chi connectivity index (χ3v) is 3.54. The predicted molar refractivity (Wildman–Crippen MR) is 85.9 cm³/mol. The number of nitrogens with one attached hydrogen (secondary N) is 1. The van der Waals surface area contributed by atoms with Crippen LogP contribution in [-0.4, -0.2) is 6.04 Å². The van der Waals surface area contributed by atoms with Crippen LogP contribution in [0.3, 0.4) is 0 Å². The monoisotopic (exact) mass is 307 g/mol. The van der Waals surface area contributed by atoms with E-state index in [0.717, 1.165) is 29.2 Å². The Morgan fingerprint density at radius 2 is 2.00 bits per heavy atom. The Labute approximate surface area is 131 Å². The molecule has 0 saturated carbocycles. The van der Waals surface area contributed by atoms with Gasteiger partial charge in [0, 0.05) is 11.6 Å². The molecule has 0 radical (unpaired) electrons. The Bertz CT molecular complexity index is 605. The largest absolute Gasteiger partial charge is 0.487 e. The first-order chi connectivity index (χ1) is 9.95. The quantitative estimate of drug-likeness (QED) is 0.845. The van der Waals surface area contributed by atoms with Crippen LogP contribution in [0, 0.1) is 13.8 Å². The second kappa shape index (κ2) is 7.01. The Hall–Kier alpha value is -1.45. The van der Waals surface area contributed by atoms with Crippen molar-refractivity contribution in [2.45, 2.75) is 46.9 Å². The van der Waals surface area contributed by atoms with Crippen LogP contribution in [0.2, 0.25) is 5.02 Å². The third-order valence-electron chi connectivity index (χ3n) is 3.23. The fourth-order valence-corrected chi connectivity index (χ4v) is 2.17. The summed E-state index contributed by atoms with van der Waals surface area (Å²) in [6, 6.07) is 8.23. The number of benzene rings is 1. The van der Waals surface area contributed by atoms with Crippen molar-refractivity contribution >= 4 is 11.6 Å². The van der Waals surface area contributed by atoms with Crippen LogP contribution in [0.5, 0.6) is 5.75 Å². The number of furan rings is 1. The Balaban J connectivity index is 2.01. The Morgan fingerprint density at radius 1 is 1.24 bits per heavy atom. The van der Waals surface area contributed by atoms with Gasteiger partial charge in [0.2, 0.25) is 0 Å². The van der Waals surface area contributed by atoms with Gasteiger partial charge < -0.3 is 14.5 Å². The Kier molecular flexibility index (Phi) is 5.32. The zero-order valence-electron chi connectivity index (χ0n) is 13.0. The van der Waals surface area contributed by atoms with E-state index in [1.165, 1.54) is 0 Å². The molecule has 1 heterocycles. The SMILES string of the molecule is Cc1ccc(Cl)c(OCc2cc(CNC(C)C)oc2C)c1. The highest BCUT2D eigenvalue weighted by atomic mass is 35.5. The molecule has 21 heavy (non-hydrogen) atoms. The maximum Gasteiger partial charge on any atom is 0.138 e. The molecule has 1 aromatic carbocycles. The number of halogens is 1. The normalized spacial score (nSPS) is 11.1. The lowest BCUT2D eigenvalue weighted by molar-refractivity contribution is 0.303. The van der Waals surface area contributed by atoms with Crippen LogP contribution in [0.25, 0.3) is 0 Å². The fraction of sp³-hybridized carbons (Fsp3) is 0.412. The second-order valence-electron chi connectivity index (χ2n) is 5.55. The van der Waals surface area contributed by atoms with Crippen LogP contribution in [0.4, 0.5) is 0 Å². The zero-order chi connectivity index (χ0) is 15.4. The molecular formula is C17H22ClNO2. The van der Waals surface area contributed by atoms with Crippen molar-refractivity contribution in [1.29, 1.82) is 0 Å². The first-order valence-corrected chi connectivity index (χ1v) is 7.54. The van der Waals surface area contributed by atoms with Crippen LogP contribution in [-0.2, 0) is 13.2 Å². The van der Waals surface area contributed by atoms with Gasteiger partial charge in [-0.2, -0.15) is 0 Å². The third kappa shape index (κ3) is 4.51. The van der Waals surface area contributed by atoms with Crippen molar-refractivity contribution in [2.75, 3.05) is 0 Å². The van der Waals surface area contributed by atoms with E-state index in [0.29, 0.717) is 23.4 Å². The van der Waals surface area contributed by atoms with Gasteiger partial charge in [-0.3, -0.25) is 0 Å². The first kappa shape index (κ1) is 15.9. The van der Waals surface area contributed by atoms with Crippen molar-refractivity contribution in [3.63, 3.8) is 0 Å². The van der Waals surface area contributed by atoms with Gasteiger partial charge >= 0.3 is 0 Å². The smallest absolute Gasteiger partial charge is 0.138 e. The topological polar surface area (TPSA) is 34.4 Å². The van der Waals surface area contributed by atoms with Crippen LogP contribution in [0.15, 0.2) is 28.7 Å². The molecule has 0 bridgehead atoms. The van der Waals surface area contributed by atoms with Crippen molar-refractivity contribution in [1.82, 2.24) is 5.32 Å². The van der Waals surface area contributed by atoms with E-state index >= 15 is 0 Å². The fourth-order valence-electron chi connectivity index (χ4n) is 2.00. The minimum Gasteiger partial charge on any atom is -0.487 e. The lowest BCUT2D eigenvalue weighted by Crippen LogP contribution is -2.21. The highest BCUT2D eigenvalue weighted by molar-refractivity contribution is 6.32. The van der Waals surface area contributed by atoms with Gasteiger partial charge in [-0.05, 0) is 37.6 Å². The number of aryl methyl sites for hydroxylation is 2. The van der Waals surface area contributed by atoms with E-state index in [1.807, 2.05) is 38.1 Å². The molecule has 0 aliphatic carbocycles. The molecule has 0 spiro atoms. The maximum atomic E-state index is 6.13. The molecule has 2 aromatic rings. The molecule has 0 saturated heterocycles. The molecule has 114 valence electrons. The standard InChI is InChI=1S/C17H22ClNO2/c1-11(2)19-9-15-8-14(13(4)21-15)10-20-17-7-12(3)5-6-16(17)18/h5-8,11,19H,9-10H2,1-4H3. The first-order valence-electron chi connectivity index (χ1n) is 7.16. The number of hydrogen-bond acceptors (Lipinski definition) is 3. The van der Waals surface area contributed by atoms with Crippen molar-refractivity contribution < 1.29 is 9.15 Å². The summed E-state index contributed by atoms with van der Waals surface area (Å²) in [4.78, 5) is 0. The lowest BCUT2D eigenvalue weighted by atomic mass is 10.2. The molecule has 0 unspecified atom stereocenters. The van der Waals surface area contributed by atoms with E-state index in [4.69, 9.17) is 20.8 Å². The van der Waals surface area contributed by atoms with Crippen LogP contribution < -0.4 is 10.1 Å². The summed E-state index contributed by atoms with van der Waals surface area (Å²) in [6.45, 7) is 9.38. The molecule has 4 heteroatoms. The molecule has 0 aliphatic heterocycles. The highest BCUT2D eigenvalue weighted by Gasteiger charge is 2.10. The predicted octanol–water partition coefficient (Wildman–Crippen LogP) is 4.63. The summed E-state index contributed by atoms with van der Waals surface area (Å²) in [5.41, 5.74) is 2.17. The highest BCUT2D eigenvalue weighted by Crippen LogP contribution is 2.27. The van der Waals surface area contributed by atoms with Gasteiger partial charge in [0.05, 0.1) is 11.6 Å². The molecule has 1 aromatic heterocycles. The number of ether oxygens (including phenoxy) is 1. The Morgan fingerprint density at radius 3 is 2.71 bits per heavy atom. The van der Waals surface area contributed by atoms with Crippen molar-refractivity contribution in [2.24, 2.45) is 0 Å². The summed E-state index contributed by atoms with van der Waals surface area (Å²) in [5, 5.41) is 3.97. The molecule has 3 nitrogen and oxygen atoms in total. The minimum absolute atomic E-state index is 0.432. The molecule has 0 aliphatic rings. The number of hydrogen-bond donors (Lipinski definition) is 1. The summed E-state index contributed by atoms with van der Waals surface area (Å²) < 4.78 is 11.5. The van der Waals surface area contributed by atoms with E-state index in [2.05, 4.69) is 19.2 Å².